The number of halogens is 1. The van der Waals surface area contributed by atoms with Gasteiger partial charge in [0.05, 0.1) is 12.7 Å². The van der Waals surface area contributed by atoms with Crippen LogP contribution in [0.5, 0.6) is 0 Å². The van der Waals surface area contributed by atoms with E-state index in [1.54, 1.807) is 6.07 Å². The molecule has 0 spiro atoms. The smallest absolute Gasteiger partial charge is 0.191 e. The Balaban J connectivity index is 1.51. The maximum Gasteiger partial charge on any atom is 0.191 e. The van der Waals surface area contributed by atoms with Crippen LogP contribution >= 0.6 is 0 Å². The molecule has 6 nitrogen and oxygen atoms in total. The standard InChI is InChI=1S/C20H28FN3O3/c1-3-22-20(23-8-4-9-26-16-7-10-25-13-16)24-12-19-14(2)17-11-15(21)5-6-18(17)27-19/h5-6,11,16H,3-4,7-10,12-13H2,1-2H3,(H2,22,23,24). The molecule has 0 aliphatic carbocycles. The minimum atomic E-state index is -0.261. The zero-order chi connectivity index (χ0) is 19.1. The summed E-state index contributed by atoms with van der Waals surface area (Å²) in [6.45, 7) is 8.10. The lowest BCUT2D eigenvalue weighted by atomic mass is 10.1. The lowest BCUT2D eigenvalue weighted by molar-refractivity contribution is 0.0420. The van der Waals surface area contributed by atoms with Crippen LogP contribution in [0.25, 0.3) is 11.0 Å². The number of aliphatic imine (C=N–C) groups is 1. The summed E-state index contributed by atoms with van der Waals surface area (Å²) >= 11 is 0. The van der Waals surface area contributed by atoms with Crippen molar-refractivity contribution in [2.24, 2.45) is 4.99 Å². The summed E-state index contributed by atoms with van der Waals surface area (Å²) < 4.78 is 30.3. The number of furan rings is 1. The van der Waals surface area contributed by atoms with Gasteiger partial charge < -0.3 is 24.5 Å². The molecule has 0 saturated carbocycles. The Morgan fingerprint density at radius 3 is 3.04 bits per heavy atom. The highest BCUT2D eigenvalue weighted by molar-refractivity contribution is 5.82. The van der Waals surface area contributed by atoms with Crippen molar-refractivity contribution < 1.29 is 18.3 Å². The monoisotopic (exact) mass is 377 g/mol. The zero-order valence-electron chi connectivity index (χ0n) is 16.0. The van der Waals surface area contributed by atoms with Crippen molar-refractivity contribution in [3.63, 3.8) is 0 Å². The molecule has 1 fully saturated rings. The van der Waals surface area contributed by atoms with Crippen LogP contribution in [0.1, 0.15) is 31.1 Å². The van der Waals surface area contributed by atoms with Crippen molar-refractivity contribution in [1.29, 1.82) is 0 Å². The molecule has 2 aromatic rings. The molecule has 1 saturated heterocycles. The predicted octanol–water partition coefficient (Wildman–Crippen LogP) is 3.13. The van der Waals surface area contributed by atoms with Crippen molar-refractivity contribution in [2.45, 2.75) is 39.3 Å². The Bertz CT molecular complexity index is 769. The lowest BCUT2D eigenvalue weighted by Gasteiger charge is -2.12. The molecule has 0 bridgehead atoms. The van der Waals surface area contributed by atoms with Gasteiger partial charge in [0.25, 0.3) is 0 Å². The molecule has 0 radical (unpaired) electrons. The largest absolute Gasteiger partial charge is 0.459 e. The van der Waals surface area contributed by atoms with Gasteiger partial charge in [-0.2, -0.15) is 0 Å². The van der Waals surface area contributed by atoms with E-state index in [1.165, 1.54) is 12.1 Å². The summed E-state index contributed by atoms with van der Waals surface area (Å²) in [6, 6.07) is 4.56. The summed E-state index contributed by atoms with van der Waals surface area (Å²) in [4.78, 5) is 4.58. The number of guanidine groups is 1. The van der Waals surface area contributed by atoms with E-state index in [2.05, 4.69) is 15.6 Å². The lowest BCUT2D eigenvalue weighted by Crippen LogP contribution is -2.38. The van der Waals surface area contributed by atoms with Crippen molar-refractivity contribution >= 4 is 16.9 Å². The first-order chi connectivity index (χ1) is 13.2. The average molecular weight is 377 g/mol. The second kappa shape index (κ2) is 9.71. The van der Waals surface area contributed by atoms with Gasteiger partial charge in [0, 0.05) is 37.3 Å². The fraction of sp³-hybridized carbons (Fsp3) is 0.550. The van der Waals surface area contributed by atoms with Crippen LogP contribution in [0.3, 0.4) is 0 Å². The van der Waals surface area contributed by atoms with Crippen LogP contribution in [0, 0.1) is 12.7 Å². The van der Waals surface area contributed by atoms with Gasteiger partial charge in [-0.25, -0.2) is 9.38 Å². The maximum absolute atomic E-state index is 13.4. The molecule has 1 aliphatic rings. The Morgan fingerprint density at radius 1 is 1.37 bits per heavy atom. The molecule has 2 heterocycles. The van der Waals surface area contributed by atoms with Gasteiger partial charge in [-0.3, -0.25) is 0 Å². The molecule has 3 rings (SSSR count). The van der Waals surface area contributed by atoms with Crippen molar-refractivity contribution in [2.75, 3.05) is 32.9 Å². The first-order valence-electron chi connectivity index (χ1n) is 9.56. The van der Waals surface area contributed by atoms with E-state index >= 15 is 0 Å². The van der Waals surface area contributed by atoms with Crippen LogP contribution in [-0.2, 0) is 16.0 Å². The summed E-state index contributed by atoms with van der Waals surface area (Å²) in [6.07, 6.45) is 2.12. The molecule has 148 valence electrons. The Kier molecular flexibility index (Phi) is 7.06. The highest BCUT2D eigenvalue weighted by Gasteiger charge is 2.15. The van der Waals surface area contributed by atoms with Gasteiger partial charge in [-0.15, -0.1) is 0 Å². The molecule has 2 N–H and O–H groups in total. The topological polar surface area (TPSA) is 68.0 Å². The highest BCUT2D eigenvalue weighted by atomic mass is 19.1. The normalized spacial score (nSPS) is 17.6. The third-order valence-corrected chi connectivity index (χ3v) is 4.58. The molecule has 27 heavy (non-hydrogen) atoms. The Labute approximate surface area is 159 Å². The van der Waals surface area contributed by atoms with Crippen LogP contribution in [0.15, 0.2) is 27.6 Å². The first kappa shape index (κ1) is 19.6. The second-order valence-electron chi connectivity index (χ2n) is 6.62. The van der Waals surface area contributed by atoms with Gasteiger partial charge in [0.2, 0.25) is 0 Å². The summed E-state index contributed by atoms with van der Waals surface area (Å²) in [5.74, 6) is 1.22. The second-order valence-corrected chi connectivity index (χ2v) is 6.62. The van der Waals surface area contributed by atoms with E-state index in [-0.39, 0.29) is 11.9 Å². The quantitative estimate of drug-likeness (QED) is 0.420. The maximum atomic E-state index is 13.4. The molecule has 1 aromatic heterocycles. The van der Waals surface area contributed by atoms with Gasteiger partial charge in [0.15, 0.2) is 5.96 Å². The third-order valence-electron chi connectivity index (χ3n) is 4.58. The Hall–Kier alpha value is -2.12. The molecule has 7 heteroatoms. The number of rotatable bonds is 8. The number of benzene rings is 1. The van der Waals surface area contributed by atoms with Gasteiger partial charge >= 0.3 is 0 Å². The van der Waals surface area contributed by atoms with Gasteiger partial charge in [-0.05, 0) is 44.9 Å². The van der Waals surface area contributed by atoms with Crippen molar-refractivity contribution in [1.82, 2.24) is 10.6 Å². The van der Waals surface area contributed by atoms with E-state index in [9.17, 15) is 4.39 Å². The third kappa shape index (κ3) is 5.43. The predicted molar refractivity (Wildman–Crippen MR) is 104 cm³/mol. The summed E-state index contributed by atoms with van der Waals surface area (Å²) in [7, 11) is 0. The molecule has 1 unspecified atom stereocenters. The van der Waals surface area contributed by atoms with Crippen LogP contribution in [0.2, 0.25) is 0 Å². The molecule has 0 amide bonds. The summed E-state index contributed by atoms with van der Waals surface area (Å²) in [5, 5.41) is 7.33. The fourth-order valence-electron chi connectivity index (χ4n) is 3.06. The Morgan fingerprint density at radius 2 is 2.26 bits per heavy atom. The van der Waals surface area contributed by atoms with E-state index in [0.717, 1.165) is 55.2 Å². The molecule has 1 aromatic carbocycles. The zero-order valence-corrected chi connectivity index (χ0v) is 16.0. The average Bonchev–Trinajstić information content (AvgIpc) is 3.28. The first-order valence-corrected chi connectivity index (χ1v) is 9.56. The number of hydrogen-bond donors (Lipinski definition) is 2. The van der Waals surface area contributed by atoms with Gasteiger partial charge in [0.1, 0.15) is 23.7 Å². The van der Waals surface area contributed by atoms with Gasteiger partial charge in [-0.1, -0.05) is 0 Å². The van der Waals surface area contributed by atoms with Crippen LogP contribution in [-0.4, -0.2) is 45.0 Å². The van der Waals surface area contributed by atoms with E-state index in [0.29, 0.717) is 25.3 Å². The fourth-order valence-corrected chi connectivity index (χ4v) is 3.06. The minimum Gasteiger partial charge on any atom is -0.459 e. The van der Waals surface area contributed by atoms with Crippen molar-refractivity contribution in [3.05, 3.63) is 35.3 Å². The number of nitrogens with one attached hydrogen (secondary N) is 2. The molecule has 1 atom stereocenters. The van der Waals surface area contributed by atoms with E-state index in [1.807, 2.05) is 13.8 Å². The number of hydrogen-bond acceptors (Lipinski definition) is 4. The number of ether oxygens (including phenoxy) is 2. The highest BCUT2D eigenvalue weighted by Crippen LogP contribution is 2.26. The summed E-state index contributed by atoms with van der Waals surface area (Å²) in [5.41, 5.74) is 1.61. The number of aryl methyl sites for hydroxylation is 1. The van der Waals surface area contributed by atoms with E-state index in [4.69, 9.17) is 13.9 Å². The molecular formula is C20H28FN3O3. The van der Waals surface area contributed by atoms with E-state index < -0.39 is 0 Å². The van der Waals surface area contributed by atoms with Crippen LogP contribution in [0.4, 0.5) is 4.39 Å². The minimum absolute atomic E-state index is 0.243. The number of nitrogens with zero attached hydrogens (tertiary/aromatic N) is 1. The SMILES string of the molecule is CCNC(=NCc1oc2ccc(F)cc2c1C)NCCCOC1CCOC1. The molecular weight excluding hydrogens is 349 g/mol. The number of fused-ring (bicyclic) bond motifs is 1. The van der Waals surface area contributed by atoms with Crippen LogP contribution < -0.4 is 10.6 Å². The molecule has 1 aliphatic heterocycles. The van der Waals surface area contributed by atoms with Crippen molar-refractivity contribution in [3.8, 4) is 0 Å².